The van der Waals surface area contributed by atoms with Gasteiger partial charge in [-0.25, -0.2) is 0 Å². The number of nitrogens with zero attached hydrogens (tertiary/aromatic N) is 3. The Morgan fingerprint density at radius 3 is 2.65 bits per heavy atom. The van der Waals surface area contributed by atoms with Crippen LogP contribution >= 0.6 is 11.5 Å². The quantitative estimate of drug-likeness (QED) is 0.538. The van der Waals surface area contributed by atoms with Crippen LogP contribution in [0.1, 0.15) is 30.3 Å². The molecule has 7 heteroatoms. The van der Waals surface area contributed by atoms with E-state index in [2.05, 4.69) is 10.2 Å². The number of methoxy groups -OCH3 is 1. The van der Waals surface area contributed by atoms with Gasteiger partial charge in [0.05, 0.1) is 23.6 Å². The van der Waals surface area contributed by atoms with E-state index in [0.717, 1.165) is 16.0 Å². The summed E-state index contributed by atoms with van der Waals surface area (Å²) in [5, 5.41) is 8.98. The van der Waals surface area contributed by atoms with Gasteiger partial charge in [0.2, 0.25) is 11.8 Å². The second-order valence-corrected chi connectivity index (χ2v) is 6.97. The molecule has 1 unspecified atom stereocenters. The van der Waals surface area contributed by atoms with Gasteiger partial charge in [0.1, 0.15) is 11.8 Å². The van der Waals surface area contributed by atoms with Crippen molar-refractivity contribution >= 4 is 21.6 Å². The number of benzene rings is 2. The van der Waals surface area contributed by atoms with Crippen LogP contribution in [0.3, 0.4) is 0 Å². The summed E-state index contributed by atoms with van der Waals surface area (Å²) in [6.45, 7) is 1.89. The monoisotopic (exact) mass is 367 g/mol. The standard InChI is InChI=1S/C19H17N3O3S/c1-12(22-19(23)15-5-3-4-6-16(15)26-22)18-21-20-17(25-18)11-13-7-9-14(24-2)10-8-13/h3-10,12H,11H2,1-2H3. The lowest BCUT2D eigenvalue weighted by atomic mass is 10.1. The van der Waals surface area contributed by atoms with Crippen LogP contribution in [0.25, 0.3) is 10.1 Å². The van der Waals surface area contributed by atoms with Gasteiger partial charge in [0, 0.05) is 0 Å². The lowest BCUT2D eigenvalue weighted by molar-refractivity contribution is 0.412. The predicted molar refractivity (Wildman–Crippen MR) is 100.0 cm³/mol. The highest BCUT2D eigenvalue weighted by Gasteiger charge is 2.20. The first kappa shape index (κ1) is 16.5. The van der Waals surface area contributed by atoms with Gasteiger partial charge < -0.3 is 9.15 Å². The molecule has 0 saturated heterocycles. The average Bonchev–Trinajstić information content (AvgIpc) is 3.27. The van der Waals surface area contributed by atoms with Crippen LogP contribution in [0.2, 0.25) is 0 Å². The van der Waals surface area contributed by atoms with Gasteiger partial charge in [-0.05, 0) is 36.8 Å². The Morgan fingerprint density at radius 1 is 1.15 bits per heavy atom. The van der Waals surface area contributed by atoms with Crippen molar-refractivity contribution in [2.24, 2.45) is 0 Å². The van der Waals surface area contributed by atoms with Crippen molar-refractivity contribution in [2.75, 3.05) is 7.11 Å². The average molecular weight is 367 g/mol. The molecule has 0 saturated carbocycles. The van der Waals surface area contributed by atoms with Crippen LogP contribution in [0.4, 0.5) is 0 Å². The minimum atomic E-state index is -0.308. The summed E-state index contributed by atoms with van der Waals surface area (Å²) in [7, 11) is 1.64. The summed E-state index contributed by atoms with van der Waals surface area (Å²) in [4.78, 5) is 12.6. The van der Waals surface area contributed by atoms with E-state index >= 15 is 0 Å². The molecule has 0 fully saturated rings. The Morgan fingerprint density at radius 2 is 1.92 bits per heavy atom. The molecule has 6 nitrogen and oxygen atoms in total. The van der Waals surface area contributed by atoms with Gasteiger partial charge in [0.25, 0.3) is 5.56 Å². The van der Waals surface area contributed by atoms with Gasteiger partial charge in [-0.3, -0.25) is 8.75 Å². The SMILES string of the molecule is COc1ccc(Cc2nnc(C(C)n3sc4ccccc4c3=O)o2)cc1. The smallest absolute Gasteiger partial charge is 0.269 e. The summed E-state index contributed by atoms with van der Waals surface area (Å²) < 4.78 is 13.6. The number of rotatable bonds is 5. The molecule has 4 rings (SSSR count). The topological polar surface area (TPSA) is 70.2 Å². The van der Waals surface area contributed by atoms with E-state index < -0.39 is 0 Å². The van der Waals surface area contributed by atoms with Gasteiger partial charge >= 0.3 is 0 Å². The fraction of sp³-hybridized carbons (Fsp3) is 0.211. The normalized spacial score (nSPS) is 12.4. The third-order valence-electron chi connectivity index (χ3n) is 4.22. The number of ether oxygens (including phenoxy) is 1. The molecule has 0 spiro atoms. The number of fused-ring (bicyclic) bond motifs is 1. The second kappa shape index (κ2) is 6.76. The van der Waals surface area contributed by atoms with Crippen LogP contribution in [-0.4, -0.2) is 21.3 Å². The van der Waals surface area contributed by atoms with Crippen molar-refractivity contribution in [2.45, 2.75) is 19.4 Å². The molecule has 1 atom stereocenters. The highest BCUT2D eigenvalue weighted by atomic mass is 32.1. The zero-order valence-electron chi connectivity index (χ0n) is 14.4. The molecule has 132 valence electrons. The van der Waals surface area contributed by atoms with E-state index in [0.29, 0.717) is 23.6 Å². The van der Waals surface area contributed by atoms with E-state index in [4.69, 9.17) is 9.15 Å². The molecule has 0 bridgehead atoms. The molecule has 26 heavy (non-hydrogen) atoms. The van der Waals surface area contributed by atoms with E-state index in [1.165, 1.54) is 11.5 Å². The fourth-order valence-electron chi connectivity index (χ4n) is 2.77. The third-order valence-corrected chi connectivity index (χ3v) is 5.45. The Labute approximate surface area is 153 Å². The summed E-state index contributed by atoms with van der Waals surface area (Å²) in [6, 6.07) is 15.0. The van der Waals surface area contributed by atoms with E-state index in [1.54, 1.807) is 11.1 Å². The van der Waals surface area contributed by atoms with Crippen LogP contribution in [0.15, 0.2) is 57.7 Å². The van der Waals surface area contributed by atoms with Gasteiger partial charge in [0.15, 0.2) is 0 Å². The van der Waals surface area contributed by atoms with Crippen molar-refractivity contribution in [3.8, 4) is 5.75 Å². The number of hydrogen-bond donors (Lipinski definition) is 0. The Hall–Kier alpha value is -2.93. The maximum atomic E-state index is 12.6. The van der Waals surface area contributed by atoms with Crippen LogP contribution < -0.4 is 10.3 Å². The molecule has 0 N–H and O–H groups in total. The van der Waals surface area contributed by atoms with Gasteiger partial charge in [-0.2, -0.15) is 0 Å². The molecule has 0 aliphatic carbocycles. The van der Waals surface area contributed by atoms with E-state index in [9.17, 15) is 4.79 Å². The van der Waals surface area contributed by atoms with Crippen molar-refractivity contribution in [1.82, 2.24) is 14.2 Å². The highest BCUT2D eigenvalue weighted by molar-refractivity contribution is 7.13. The second-order valence-electron chi connectivity index (χ2n) is 5.95. The molecule has 0 radical (unpaired) electrons. The molecule has 2 aromatic carbocycles. The van der Waals surface area contributed by atoms with E-state index in [1.807, 2.05) is 55.5 Å². The third kappa shape index (κ3) is 3.01. The molecule has 0 aliphatic rings. The Balaban J connectivity index is 1.58. The highest BCUT2D eigenvalue weighted by Crippen LogP contribution is 2.24. The predicted octanol–water partition coefficient (Wildman–Crippen LogP) is 3.65. The van der Waals surface area contributed by atoms with Gasteiger partial charge in [-0.1, -0.05) is 35.8 Å². The lowest BCUT2D eigenvalue weighted by Gasteiger charge is -2.05. The molecular formula is C19H17N3O3S. The van der Waals surface area contributed by atoms with Crippen molar-refractivity contribution in [3.05, 3.63) is 76.2 Å². The Bertz CT molecular complexity index is 1100. The summed E-state index contributed by atoms with van der Waals surface area (Å²) >= 11 is 1.41. The molecule has 0 amide bonds. The first-order chi connectivity index (χ1) is 12.7. The maximum Gasteiger partial charge on any atom is 0.269 e. The fourth-order valence-corrected chi connectivity index (χ4v) is 3.80. The largest absolute Gasteiger partial charge is 0.497 e. The van der Waals surface area contributed by atoms with Crippen molar-refractivity contribution in [3.63, 3.8) is 0 Å². The number of aromatic nitrogens is 3. The van der Waals surface area contributed by atoms with Crippen molar-refractivity contribution < 1.29 is 9.15 Å². The summed E-state index contributed by atoms with van der Waals surface area (Å²) in [5.74, 6) is 1.76. The minimum absolute atomic E-state index is 0.0343. The van der Waals surface area contributed by atoms with Crippen LogP contribution in [-0.2, 0) is 6.42 Å². The Kier molecular flexibility index (Phi) is 4.30. The number of hydrogen-bond acceptors (Lipinski definition) is 6. The zero-order chi connectivity index (χ0) is 18.1. The lowest BCUT2D eigenvalue weighted by Crippen LogP contribution is -2.18. The first-order valence-electron chi connectivity index (χ1n) is 8.21. The molecular weight excluding hydrogens is 350 g/mol. The van der Waals surface area contributed by atoms with Gasteiger partial charge in [-0.15, -0.1) is 10.2 Å². The maximum absolute atomic E-state index is 12.6. The molecule has 4 aromatic rings. The first-order valence-corrected chi connectivity index (χ1v) is 8.99. The summed E-state index contributed by atoms with van der Waals surface area (Å²) in [6.07, 6.45) is 0.533. The summed E-state index contributed by atoms with van der Waals surface area (Å²) in [5.41, 5.74) is 1.01. The minimum Gasteiger partial charge on any atom is -0.497 e. The molecule has 2 heterocycles. The zero-order valence-corrected chi connectivity index (χ0v) is 15.2. The molecule has 0 aliphatic heterocycles. The van der Waals surface area contributed by atoms with Crippen LogP contribution in [0.5, 0.6) is 5.75 Å². The van der Waals surface area contributed by atoms with E-state index in [-0.39, 0.29) is 11.6 Å². The van der Waals surface area contributed by atoms with Crippen LogP contribution in [0, 0.1) is 0 Å². The molecule has 2 aromatic heterocycles. The van der Waals surface area contributed by atoms with Crippen molar-refractivity contribution in [1.29, 1.82) is 0 Å².